The fraction of sp³-hybridized carbons (Fsp3) is 0.467. The zero-order chi connectivity index (χ0) is 34.0. The van der Waals surface area contributed by atoms with E-state index in [9.17, 15) is 27.6 Å². The van der Waals surface area contributed by atoms with E-state index in [4.69, 9.17) is 44.3 Å². The van der Waals surface area contributed by atoms with E-state index in [0.29, 0.717) is 11.3 Å². The molecule has 0 bridgehead atoms. The fourth-order valence-electron chi connectivity index (χ4n) is 4.59. The van der Waals surface area contributed by atoms with Gasteiger partial charge in [0.2, 0.25) is 5.91 Å². The van der Waals surface area contributed by atoms with Gasteiger partial charge in [-0.2, -0.15) is 13.5 Å². The zero-order valence-corrected chi connectivity index (χ0v) is 28.0. The number of aromatic nitrogens is 3. The molecule has 0 aliphatic rings. The minimum Gasteiger partial charge on any atom is -0.465 e. The summed E-state index contributed by atoms with van der Waals surface area (Å²) < 4.78 is 50.7. The van der Waals surface area contributed by atoms with Crippen LogP contribution in [0.25, 0.3) is 5.69 Å². The topological polar surface area (TPSA) is 95.7 Å². The van der Waals surface area contributed by atoms with E-state index in [0.717, 1.165) is 35.4 Å². The van der Waals surface area contributed by atoms with Gasteiger partial charge < -0.3 is 14.4 Å². The molecule has 0 N–H and O–H groups in total. The van der Waals surface area contributed by atoms with Crippen molar-refractivity contribution >= 4 is 52.4 Å². The van der Waals surface area contributed by atoms with E-state index in [1.54, 1.807) is 18.9 Å². The second-order valence-electron chi connectivity index (χ2n) is 9.85. The van der Waals surface area contributed by atoms with Crippen molar-refractivity contribution < 1.29 is 32.2 Å². The Hall–Kier alpha value is -3.06. The predicted octanol–water partition coefficient (Wildman–Crippen LogP) is 6.41. The van der Waals surface area contributed by atoms with Crippen LogP contribution in [0.3, 0.4) is 0 Å². The normalized spacial score (nSPS) is 12.4. The molecule has 2 unspecified atom stereocenters. The van der Waals surface area contributed by atoms with Crippen molar-refractivity contribution in [1.82, 2.24) is 14.3 Å². The summed E-state index contributed by atoms with van der Waals surface area (Å²) in [6.07, 6.45) is 0.762. The Bertz CT molecular complexity index is 1530. The van der Waals surface area contributed by atoms with Crippen LogP contribution >= 0.6 is 34.8 Å². The van der Waals surface area contributed by atoms with Crippen LogP contribution in [-0.2, 0) is 31.9 Å². The van der Waals surface area contributed by atoms with Gasteiger partial charge >= 0.3 is 18.2 Å². The number of para-hydroxylation sites is 1. The molecule has 1 heterocycles. The molecule has 1 aromatic heterocycles. The molecule has 0 radical (unpaired) electrons. The second-order valence-corrected chi connectivity index (χ2v) is 11.0. The molecule has 3 aromatic rings. The number of benzene rings is 2. The molecule has 0 saturated carbocycles. The Labute approximate surface area is 274 Å². The van der Waals surface area contributed by atoms with Crippen molar-refractivity contribution in [2.75, 3.05) is 31.1 Å². The summed E-state index contributed by atoms with van der Waals surface area (Å²) in [6, 6.07) is 8.07. The number of alkyl halides is 4. The van der Waals surface area contributed by atoms with Crippen molar-refractivity contribution in [3.05, 3.63) is 74.2 Å². The Morgan fingerprint density at radius 3 is 2.33 bits per heavy atom. The molecule has 45 heavy (non-hydrogen) atoms. The summed E-state index contributed by atoms with van der Waals surface area (Å²) >= 11 is 17.7. The highest BCUT2D eigenvalue weighted by Crippen LogP contribution is 2.28. The lowest BCUT2D eigenvalue weighted by molar-refractivity contribution is -0.142. The van der Waals surface area contributed by atoms with Crippen molar-refractivity contribution in [2.24, 2.45) is 0 Å². The van der Waals surface area contributed by atoms with E-state index in [-0.39, 0.29) is 57.5 Å². The third-order valence-corrected chi connectivity index (χ3v) is 7.55. The number of halogens is 6. The van der Waals surface area contributed by atoms with Gasteiger partial charge in [0.25, 0.3) is 0 Å². The Morgan fingerprint density at radius 1 is 1.13 bits per heavy atom. The average molecular weight is 696 g/mol. The van der Waals surface area contributed by atoms with Crippen LogP contribution in [0.2, 0.25) is 5.02 Å². The molecule has 3 rings (SSSR count). The van der Waals surface area contributed by atoms with Gasteiger partial charge in [-0.05, 0) is 62.9 Å². The molecule has 0 aliphatic heterocycles. The molecule has 0 spiro atoms. The number of aryl methyl sites for hydroxylation is 3. The average Bonchev–Trinajstić information content (AvgIpc) is 3.28. The summed E-state index contributed by atoms with van der Waals surface area (Å²) in [5.41, 5.74) is 1.84. The number of esters is 1. The van der Waals surface area contributed by atoms with Gasteiger partial charge in [-0.25, -0.2) is 13.8 Å². The molecular formula is C30H36Cl3F3N4O5. The molecule has 2 atom stereocenters. The largest absolute Gasteiger partial charge is 0.465 e. The van der Waals surface area contributed by atoms with Crippen molar-refractivity contribution in [2.45, 2.75) is 65.4 Å². The lowest BCUT2D eigenvalue weighted by atomic mass is 10.0. The number of methoxy groups -OCH3 is 1. The minimum atomic E-state index is -3.12. The smallest absolute Gasteiger partial charge is 0.355 e. The van der Waals surface area contributed by atoms with Crippen LogP contribution in [-0.4, -0.2) is 63.8 Å². The summed E-state index contributed by atoms with van der Waals surface area (Å²) in [6.45, 7) is 6.37. The van der Waals surface area contributed by atoms with Gasteiger partial charge in [-0.3, -0.25) is 9.59 Å². The molecule has 2 aromatic carbocycles. The van der Waals surface area contributed by atoms with E-state index < -0.39 is 29.4 Å². The van der Waals surface area contributed by atoms with Crippen LogP contribution in [0.1, 0.15) is 49.8 Å². The van der Waals surface area contributed by atoms with E-state index in [1.165, 1.54) is 6.92 Å². The van der Waals surface area contributed by atoms with E-state index in [1.807, 2.05) is 26.0 Å². The maximum absolute atomic E-state index is 14.2. The van der Waals surface area contributed by atoms with Crippen LogP contribution < -0.4 is 10.6 Å². The first-order valence-corrected chi connectivity index (χ1v) is 15.3. The minimum absolute atomic E-state index is 0.0223. The van der Waals surface area contributed by atoms with Crippen LogP contribution in [0.5, 0.6) is 0 Å². The van der Waals surface area contributed by atoms with Crippen LogP contribution in [0.15, 0.2) is 35.1 Å². The zero-order valence-electron chi connectivity index (χ0n) is 25.8. The molecule has 15 heteroatoms. The Balaban J connectivity index is 0.000000330. The SMILES string of the molecule is CCOC(=O)C(Cl)Cc1cc(-n2nc(C)n(C(F)F)c2=O)c(F)cc1Cl.CCc1cccc(C)c1N(C(=O)CCl)C(C)COC. The molecule has 0 fully saturated rings. The van der Waals surface area contributed by atoms with E-state index in [2.05, 4.69) is 18.1 Å². The number of hydrogen-bond donors (Lipinski definition) is 0. The Kier molecular flexibility index (Phi) is 14.9. The highest BCUT2D eigenvalue weighted by atomic mass is 35.5. The quantitative estimate of drug-likeness (QED) is 0.161. The van der Waals surface area contributed by atoms with Gasteiger partial charge in [-0.1, -0.05) is 36.7 Å². The standard InChI is InChI=1S/C15H14Cl2F3N3O3.C15H22ClNO2/c1-3-26-13(24)10(17)4-8-5-12(11(18)6-9(8)16)23-15(25)22(14(19)20)7(2)21-23;1-5-13-8-6-7-11(2)15(13)17(14(18)9-16)12(3)10-19-4/h5-6,10,14H,3-4H2,1-2H3;6-8,12H,5,9-10H2,1-4H3. The third kappa shape index (κ3) is 9.48. The first kappa shape index (κ1) is 38.1. The summed E-state index contributed by atoms with van der Waals surface area (Å²) in [7, 11) is 1.64. The summed E-state index contributed by atoms with van der Waals surface area (Å²) in [5.74, 6) is -2.03. The maximum atomic E-state index is 14.2. The van der Waals surface area contributed by atoms with Crippen LogP contribution in [0.4, 0.5) is 18.9 Å². The Morgan fingerprint density at radius 2 is 1.80 bits per heavy atom. The number of ether oxygens (including phenoxy) is 2. The van der Waals surface area contributed by atoms with Crippen molar-refractivity contribution in [3.8, 4) is 5.69 Å². The molecule has 0 aliphatic carbocycles. The molecular weight excluding hydrogens is 660 g/mol. The number of hydrogen-bond acceptors (Lipinski definition) is 6. The van der Waals surface area contributed by atoms with Gasteiger partial charge in [0.15, 0.2) is 5.82 Å². The second kappa shape index (κ2) is 17.6. The third-order valence-electron chi connectivity index (χ3n) is 6.64. The highest BCUT2D eigenvalue weighted by Gasteiger charge is 2.25. The lowest BCUT2D eigenvalue weighted by Crippen LogP contribution is -2.43. The number of nitrogens with zero attached hydrogens (tertiary/aromatic N) is 4. The lowest BCUT2D eigenvalue weighted by Gasteiger charge is -2.31. The first-order chi connectivity index (χ1) is 21.2. The summed E-state index contributed by atoms with van der Waals surface area (Å²) in [4.78, 5) is 37.7. The van der Waals surface area contributed by atoms with Gasteiger partial charge in [0.05, 0.1) is 24.9 Å². The molecule has 9 nitrogen and oxygen atoms in total. The number of carbonyl (C=O) groups excluding carboxylic acids is 2. The van der Waals surface area contributed by atoms with Gasteiger partial charge in [0.1, 0.15) is 22.8 Å². The fourth-order valence-corrected chi connectivity index (χ4v) is 5.17. The number of anilines is 1. The predicted molar refractivity (Wildman–Crippen MR) is 169 cm³/mol. The maximum Gasteiger partial charge on any atom is 0.355 e. The number of rotatable bonds is 12. The molecule has 248 valence electrons. The summed E-state index contributed by atoms with van der Waals surface area (Å²) in [5, 5.41) is 2.52. The molecule has 1 amide bonds. The first-order valence-electron chi connectivity index (χ1n) is 13.9. The number of amides is 1. The van der Waals surface area contributed by atoms with Crippen LogP contribution in [0, 0.1) is 19.7 Å². The van der Waals surface area contributed by atoms with Gasteiger partial charge in [0, 0.05) is 18.6 Å². The number of carbonyl (C=O) groups is 2. The van der Waals surface area contributed by atoms with Crippen molar-refractivity contribution in [1.29, 1.82) is 0 Å². The van der Waals surface area contributed by atoms with Gasteiger partial charge in [-0.15, -0.1) is 28.3 Å². The molecule has 0 saturated heterocycles. The highest BCUT2D eigenvalue weighted by molar-refractivity contribution is 6.32. The van der Waals surface area contributed by atoms with Crippen molar-refractivity contribution in [3.63, 3.8) is 0 Å². The van der Waals surface area contributed by atoms with E-state index >= 15 is 0 Å². The monoisotopic (exact) mass is 694 g/mol.